The summed E-state index contributed by atoms with van der Waals surface area (Å²) in [6.45, 7) is 9.19. The fraction of sp³-hybridized carbons (Fsp3) is 0.629. The minimum absolute atomic E-state index is 0. The van der Waals surface area contributed by atoms with Crippen molar-refractivity contribution in [2.45, 2.75) is 140 Å². The molecule has 3 amide bonds. The summed E-state index contributed by atoms with van der Waals surface area (Å²) in [5.41, 5.74) is 3.12. The van der Waals surface area contributed by atoms with Gasteiger partial charge in [-0.15, -0.1) is 12.4 Å². The van der Waals surface area contributed by atoms with E-state index in [1.54, 1.807) is 46.8 Å². The van der Waals surface area contributed by atoms with Gasteiger partial charge in [-0.05, 0) is 129 Å². The molecular weight excluding hydrogens is 967 g/mol. The zero-order valence-corrected chi connectivity index (χ0v) is 36.2. The van der Waals surface area contributed by atoms with Gasteiger partial charge in [-0.1, -0.05) is 23.2 Å². The molecular formula is C35H45Cl3F2I2N6O4. The lowest BCUT2D eigenvalue weighted by atomic mass is 10.1. The fourth-order valence-corrected chi connectivity index (χ4v) is 8.44. The predicted molar refractivity (Wildman–Crippen MR) is 216 cm³/mol. The summed E-state index contributed by atoms with van der Waals surface area (Å²) in [6, 6.07) is 1.16. The number of nitrogens with one attached hydrogen (secondary N) is 3. The second kappa shape index (κ2) is 18.1. The molecule has 2 aliphatic carbocycles. The largest absolute Gasteiger partial charge is 0.444 e. The van der Waals surface area contributed by atoms with Crippen LogP contribution >= 0.6 is 80.8 Å². The van der Waals surface area contributed by atoms with Crippen molar-refractivity contribution in [3.8, 4) is 0 Å². The van der Waals surface area contributed by atoms with E-state index in [0.717, 1.165) is 55.3 Å². The standard InChI is InChI=1S/C20H26ClFIN3O3.C15H18ClFIN3O.ClH/c1-10-13(22)8-14(26(10)19(28)29-20(2,3)4)18(27)24-9-12-7-15(21)25-17(16(12)23)11-5-6-11;1-7-10(17)5-11(20-7)15(22)19-6-9-4-12(16)21-14(13(9)18)8-2-3-8;/h7,10-11,13-14H,5-6,8-9H2,1-4H3,(H,24,27);4,7-8,10-11,20H,2-3,5-6H2,1H3,(H,19,22);1H/t10-,13+,14-;7-,10+,11-;/m00./s1. The minimum atomic E-state index is -1.28. The van der Waals surface area contributed by atoms with Crippen LogP contribution < -0.4 is 16.0 Å². The van der Waals surface area contributed by atoms with Crippen LogP contribution in [0.4, 0.5) is 13.6 Å². The van der Waals surface area contributed by atoms with Gasteiger partial charge in [0, 0.05) is 50.9 Å². The summed E-state index contributed by atoms with van der Waals surface area (Å²) in [5, 5.41) is 9.55. The number of amides is 3. The Morgan fingerprint density at radius 1 is 0.885 bits per heavy atom. The zero-order chi connectivity index (χ0) is 37.4. The lowest BCUT2D eigenvalue weighted by Crippen LogP contribution is -2.50. The highest BCUT2D eigenvalue weighted by atomic mass is 127. The number of hydrogen-bond acceptors (Lipinski definition) is 7. The van der Waals surface area contributed by atoms with Crippen LogP contribution in [-0.4, -0.2) is 74.9 Å². The van der Waals surface area contributed by atoms with Gasteiger partial charge in [0.25, 0.3) is 0 Å². The first-order valence-electron chi connectivity index (χ1n) is 17.2. The third kappa shape index (κ3) is 11.1. The maximum absolute atomic E-state index is 14.3. The number of carbonyl (C=O) groups is 3. The number of nitrogens with zero attached hydrogens (tertiary/aromatic N) is 3. The van der Waals surface area contributed by atoms with E-state index < -0.39 is 48.1 Å². The molecule has 52 heavy (non-hydrogen) atoms. The van der Waals surface area contributed by atoms with Gasteiger partial charge in [0.1, 0.15) is 34.3 Å². The Morgan fingerprint density at radius 2 is 1.37 bits per heavy atom. The Balaban J connectivity index is 0.000000236. The van der Waals surface area contributed by atoms with E-state index in [-0.39, 0.29) is 43.7 Å². The third-order valence-corrected chi connectivity index (χ3v) is 12.2. The molecule has 4 fully saturated rings. The molecule has 0 radical (unpaired) electrons. The molecule has 2 aromatic rings. The highest BCUT2D eigenvalue weighted by Gasteiger charge is 2.47. The van der Waals surface area contributed by atoms with Crippen LogP contribution in [0.2, 0.25) is 10.3 Å². The molecule has 10 nitrogen and oxygen atoms in total. The number of rotatable bonds is 8. The maximum atomic E-state index is 14.3. The molecule has 6 atom stereocenters. The van der Waals surface area contributed by atoms with Crippen LogP contribution in [0.25, 0.3) is 0 Å². The molecule has 0 unspecified atom stereocenters. The number of ether oxygens (including phenoxy) is 1. The summed E-state index contributed by atoms with van der Waals surface area (Å²) in [4.78, 5) is 47.6. The van der Waals surface area contributed by atoms with Gasteiger partial charge >= 0.3 is 6.09 Å². The molecule has 17 heteroatoms. The summed E-state index contributed by atoms with van der Waals surface area (Å²) in [6.07, 6.45) is 1.75. The number of halogens is 7. The van der Waals surface area contributed by atoms with E-state index >= 15 is 0 Å². The molecule has 2 aliphatic heterocycles. The van der Waals surface area contributed by atoms with E-state index in [0.29, 0.717) is 28.7 Å². The van der Waals surface area contributed by atoms with Gasteiger partial charge in [0.15, 0.2) is 0 Å². The van der Waals surface area contributed by atoms with Crippen molar-refractivity contribution in [1.82, 2.24) is 30.8 Å². The van der Waals surface area contributed by atoms with E-state index in [9.17, 15) is 23.2 Å². The average molecular weight is 1010 g/mol. The third-order valence-electron chi connectivity index (χ3n) is 9.33. The fourth-order valence-electron chi connectivity index (χ4n) is 6.18. The molecule has 2 saturated heterocycles. The lowest BCUT2D eigenvalue weighted by Gasteiger charge is -2.30. The van der Waals surface area contributed by atoms with Crippen molar-refractivity contribution in [2.75, 3.05) is 0 Å². The highest BCUT2D eigenvalue weighted by Crippen LogP contribution is 2.43. The smallest absolute Gasteiger partial charge is 0.411 e. The first-order chi connectivity index (χ1) is 23.9. The van der Waals surface area contributed by atoms with Crippen molar-refractivity contribution < 1.29 is 27.9 Å². The van der Waals surface area contributed by atoms with Gasteiger partial charge in [0.05, 0.1) is 23.5 Å². The number of aromatic nitrogens is 2. The second-order valence-electron chi connectivity index (χ2n) is 14.7. The molecule has 4 aliphatic rings. The first kappa shape index (κ1) is 43.4. The average Bonchev–Trinajstić information content (AvgIpc) is 3.98. The quantitative estimate of drug-likeness (QED) is 0.182. The lowest BCUT2D eigenvalue weighted by molar-refractivity contribution is -0.126. The van der Waals surface area contributed by atoms with Crippen molar-refractivity contribution in [1.29, 1.82) is 0 Å². The number of likely N-dealkylation sites (tertiary alicyclic amines) is 1. The van der Waals surface area contributed by atoms with Crippen LogP contribution in [-0.2, 0) is 27.4 Å². The van der Waals surface area contributed by atoms with Crippen LogP contribution in [0, 0.1) is 7.14 Å². The number of pyridine rings is 2. The Bertz CT molecular complexity index is 1640. The molecule has 4 heterocycles. The SMILES string of the molecule is C[C@@H]1N[C@H](C(=O)NCc2cc(Cl)nc(C3CC3)c2I)C[C@H]1F.C[C@H]1[C@H](F)C[C@@H](C(=O)NCc2cc(Cl)nc(C3CC3)c2I)N1C(=O)OC(C)(C)C.Cl. The first-order valence-corrected chi connectivity index (χ1v) is 20.1. The van der Waals surface area contributed by atoms with Crippen LogP contribution in [0.3, 0.4) is 0 Å². The highest BCUT2D eigenvalue weighted by molar-refractivity contribution is 14.1. The molecule has 288 valence electrons. The van der Waals surface area contributed by atoms with Gasteiger partial charge in [-0.2, -0.15) is 0 Å². The molecule has 0 bridgehead atoms. The molecule has 6 rings (SSSR count). The van der Waals surface area contributed by atoms with Crippen LogP contribution in [0.15, 0.2) is 12.1 Å². The van der Waals surface area contributed by atoms with Crippen molar-refractivity contribution in [3.63, 3.8) is 0 Å². The predicted octanol–water partition coefficient (Wildman–Crippen LogP) is 7.91. The number of alkyl halides is 2. The summed E-state index contributed by atoms with van der Waals surface area (Å²) < 4.78 is 35.3. The second-order valence-corrected chi connectivity index (χ2v) is 17.7. The Kier molecular flexibility index (Phi) is 15.1. The molecule has 2 saturated carbocycles. The number of carbonyl (C=O) groups excluding carboxylic acids is 3. The van der Waals surface area contributed by atoms with Gasteiger partial charge in [-0.25, -0.2) is 23.5 Å². The van der Waals surface area contributed by atoms with Gasteiger partial charge in [0.2, 0.25) is 11.8 Å². The Labute approximate surface area is 347 Å². The minimum Gasteiger partial charge on any atom is -0.444 e. The van der Waals surface area contributed by atoms with Crippen molar-refractivity contribution in [2.24, 2.45) is 0 Å². The summed E-state index contributed by atoms with van der Waals surface area (Å²) in [5.74, 6) is 0.369. The monoisotopic (exact) mass is 1010 g/mol. The van der Waals surface area contributed by atoms with E-state index in [4.69, 9.17) is 27.9 Å². The normalized spacial score (nSPS) is 25.5. The summed E-state index contributed by atoms with van der Waals surface area (Å²) >= 11 is 16.7. The van der Waals surface area contributed by atoms with Crippen LogP contribution in [0.1, 0.15) is 107 Å². The van der Waals surface area contributed by atoms with Gasteiger partial charge < -0.3 is 20.7 Å². The molecule has 0 spiro atoms. The zero-order valence-electron chi connectivity index (χ0n) is 29.6. The Hall–Kier alpha value is -1.34. The van der Waals surface area contributed by atoms with E-state index in [2.05, 4.69) is 71.1 Å². The molecule has 3 N–H and O–H groups in total. The molecule has 2 aromatic heterocycles. The van der Waals surface area contributed by atoms with Gasteiger partial charge in [-0.3, -0.25) is 14.5 Å². The molecule has 0 aromatic carbocycles. The van der Waals surface area contributed by atoms with E-state index in [1.165, 1.54) is 4.90 Å². The van der Waals surface area contributed by atoms with Crippen molar-refractivity contribution in [3.05, 3.63) is 52.1 Å². The topological polar surface area (TPSA) is 126 Å². The van der Waals surface area contributed by atoms with E-state index in [1.807, 2.05) is 0 Å². The number of hydrogen-bond donors (Lipinski definition) is 3. The Morgan fingerprint density at radius 3 is 1.79 bits per heavy atom. The summed E-state index contributed by atoms with van der Waals surface area (Å²) in [7, 11) is 0. The van der Waals surface area contributed by atoms with Crippen LogP contribution in [0.5, 0.6) is 0 Å². The van der Waals surface area contributed by atoms with Crippen molar-refractivity contribution >= 4 is 98.7 Å². The maximum Gasteiger partial charge on any atom is 0.411 e.